The first-order chi connectivity index (χ1) is 8.02. The Kier molecular flexibility index (Phi) is 2.74. The van der Waals surface area contributed by atoms with Gasteiger partial charge < -0.3 is 5.11 Å². The first-order valence-corrected chi connectivity index (χ1v) is 4.94. The third-order valence-corrected chi connectivity index (χ3v) is 2.29. The number of pyridine rings is 1. The summed E-state index contributed by atoms with van der Waals surface area (Å²) in [5, 5.41) is 12.9. The molecule has 0 aliphatic rings. The van der Waals surface area contributed by atoms with Gasteiger partial charge >= 0.3 is 5.97 Å². The summed E-state index contributed by atoms with van der Waals surface area (Å²) in [6.07, 6.45) is -2.23. The molecule has 0 unspecified atom stereocenters. The standard InChI is InChI=1S/C10H9F2N3O2/c1-2-7-13-8-4-5(9(11)12)3-6(10(16)17)15(8)14-7/h3-4,9H,2H2,1H3,(H,16,17). The number of alkyl halides is 2. The molecule has 0 aliphatic heterocycles. The van der Waals surface area contributed by atoms with Crippen LogP contribution >= 0.6 is 0 Å². The molecule has 0 atom stereocenters. The summed E-state index contributed by atoms with van der Waals surface area (Å²) in [6.45, 7) is 1.79. The number of rotatable bonds is 3. The van der Waals surface area contributed by atoms with Crippen molar-refractivity contribution in [3.05, 3.63) is 29.2 Å². The second-order valence-electron chi connectivity index (χ2n) is 3.43. The first-order valence-electron chi connectivity index (χ1n) is 4.94. The molecule has 0 amide bonds. The van der Waals surface area contributed by atoms with E-state index >= 15 is 0 Å². The molecule has 0 aliphatic carbocycles. The molecule has 7 heteroatoms. The molecule has 2 rings (SSSR count). The number of aromatic nitrogens is 3. The lowest BCUT2D eigenvalue weighted by atomic mass is 10.2. The lowest BCUT2D eigenvalue weighted by Crippen LogP contribution is -2.08. The van der Waals surface area contributed by atoms with Crippen molar-refractivity contribution in [3.8, 4) is 0 Å². The lowest BCUT2D eigenvalue weighted by molar-refractivity contribution is 0.0686. The quantitative estimate of drug-likeness (QED) is 0.891. The Bertz CT molecular complexity index is 580. The Morgan fingerprint density at radius 1 is 1.53 bits per heavy atom. The molecule has 2 aromatic rings. The number of halogens is 2. The van der Waals surface area contributed by atoms with Gasteiger partial charge in [0.05, 0.1) is 0 Å². The van der Waals surface area contributed by atoms with Crippen LogP contribution in [0, 0.1) is 0 Å². The van der Waals surface area contributed by atoms with E-state index in [9.17, 15) is 13.6 Å². The van der Waals surface area contributed by atoms with Crippen LogP contribution in [0.4, 0.5) is 8.78 Å². The van der Waals surface area contributed by atoms with Crippen LogP contribution in [-0.2, 0) is 6.42 Å². The molecule has 0 bridgehead atoms. The Morgan fingerprint density at radius 2 is 2.24 bits per heavy atom. The van der Waals surface area contributed by atoms with Crippen molar-refractivity contribution >= 4 is 11.6 Å². The highest BCUT2D eigenvalue weighted by Gasteiger charge is 2.17. The summed E-state index contributed by atoms with van der Waals surface area (Å²) in [4.78, 5) is 14.9. The Morgan fingerprint density at radius 3 is 2.76 bits per heavy atom. The van der Waals surface area contributed by atoms with Crippen molar-refractivity contribution in [2.24, 2.45) is 0 Å². The molecule has 0 radical (unpaired) electrons. The fraction of sp³-hybridized carbons (Fsp3) is 0.300. The van der Waals surface area contributed by atoms with E-state index in [-0.39, 0.29) is 16.9 Å². The summed E-state index contributed by atoms with van der Waals surface area (Å²) >= 11 is 0. The zero-order chi connectivity index (χ0) is 12.6. The van der Waals surface area contributed by atoms with E-state index in [4.69, 9.17) is 5.11 Å². The van der Waals surface area contributed by atoms with Gasteiger partial charge in [0.1, 0.15) is 0 Å². The Balaban J connectivity index is 2.74. The molecule has 5 nitrogen and oxygen atoms in total. The highest BCUT2D eigenvalue weighted by atomic mass is 19.3. The fourth-order valence-electron chi connectivity index (χ4n) is 1.48. The molecule has 2 heterocycles. The third kappa shape index (κ3) is 1.95. The Hall–Kier alpha value is -2.05. The molecule has 17 heavy (non-hydrogen) atoms. The molecular weight excluding hydrogens is 232 g/mol. The van der Waals surface area contributed by atoms with Gasteiger partial charge in [-0.15, -0.1) is 0 Å². The zero-order valence-corrected chi connectivity index (χ0v) is 8.89. The minimum Gasteiger partial charge on any atom is -0.477 e. The van der Waals surface area contributed by atoms with Crippen LogP contribution in [0.5, 0.6) is 0 Å². The van der Waals surface area contributed by atoms with Gasteiger partial charge in [0.2, 0.25) is 0 Å². The van der Waals surface area contributed by atoms with Crippen LogP contribution in [-0.4, -0.2) is 25.7 Å². The van der Waals surface area contributed by atoms with Crippen LogP contribution in [0.3, 0.4) is 0 Å². The molecular formula is C10H9F2N3O2. The maximum absolute atomic E-state index is 12.6. The van der Waals surface area contributed by atoms with Gasteiger partial charge in [-0.2, -0.15) is 5.10 Å². The molecule has 0 saturated heterocycles. The lowest BCUT2D eigenvalue weighted by Gasteiger charge is -2.03. The van der Waals surface area contributed by atoms with Crippen LogP contribution in [0.15, 0.2) is 12.1 Å². The van der Waals surface area contributed by atoms with E-state index < -0.39 is 12.4 Å². The van der Waals surface area contributed by atoms with Gasteiger partial charge in [-0.1, -0.05) is 6.92 Å². The van der Waals surface area contributed by atoms with Gasteiger partial charge in [0, 0.05) is 12.0 Å². The van der Waals surface area contributed by atoms with Crippen molar-refractivity contribution < 1.29 is 18.7 Å². The van der Waals surface area contributed by atoms with Crippen molar-refractivity contribution in [2.75, 3.05) is 0 Å². The van der Waals surface area contributed by atoms with Gasteiger partial charge in [0.15, 0.2) is 17.2 Å². The number of hydrogen-bond donors (Lipinski definition) is 1. The maximum Gasteiger partial charge on any atom is 0.354 e. The molecule has 0 fully saturated rings. The number of aromatic carboxylic acids is 1. The fourth-order valence-corrected chi connectivity index (χ4v) is 1.48. The van der Waals surface area contributed by atoms with Crippen molar-refractivity contribution in [3.63, 3.8) is 0 Å². The van der Waals surface area contributed by atoms with Crippen molar-refractivity contribution in [2.45, 2.75) is 19.8 Å². The van der Waals surface area contributed by atoms with E-state index in [0.717, 1.165) is 16.6 Å². The van der Waals surface area contributed by atoms with E-state index in [1.54, 1.807) is 6.92 Å². The van der Waals surface area contributed by atoms with Gasteiger partial charge in [-0.3, -0.25) is 0 Å². The minimum atomic E-state index is -2.74. The molecule has 0 spiro atoms. The summed E-state index contributed by atoms with van der Waals surface area (Å²) in [6, 6.07) is 2.05. The smallest absolute Gasteiger partial charge is 0.354 e. The Labute approximate surface area is 94.7 Å². The molecule has 90 valence electrons. The summed E-state index contributed by atoms with van der Waals surface area (Å²) in [5.41, 5.74) is -0.563. The molecule has 2 aromatic heterocycles. The third-order valence-electron chi connectivity index (χ3n) is 2.29. The second kappa shape index (κ2) is 4.08. The highest BCUT2D eigenvalue weighted by Crippen LogP contribution is 2.21. The largest absolute Gasteiger partial charge is 0.477 e. The SMILES string of the molecule is CCc1nc2cc(C(F)F)cc(C(=O)O)n2n1. The molecule has 1 N–H and O–H groups in total. The van der Waals surface area contributed by atoms with Gasteiger partial charge in [-0.05, 0) is 12.1 Å². The summed E-state index contributed by atoms with van der Waals surface area (Å²) in [5.74, 6) is -0.899. The first kappa shape index (κ1) is 11.4. The van der Waals surface area contributed by atoms with Crippen LogP contribution in [0.1, 0.15) is 35.2 Å². The average molecular weight is 241 g/mol. The van der Waals surface area contributed by atoms with Gasteiger partial charge in [0.25, 0.3) is 6.43 Å². The van der Waals surface area contributed by atoms with Gasteiger partial charge in [-0.25, -0.2) is 23.1 Å². The monoisotopic (exact) mass is 241 g/mol. The van der Waals surface area contributed by atoms with E-state index in [2.05, 4.69) is 10.1 Å². The van der Waals surface area contributed by atoms with E-state index in [1.807, 2.05) is 0 Å². The van der Waals surface area contributed by atoms with E-state index in [1.165, 1.54) is 0 Å². The zero-order valence-electron chi connectivity index (χ0n) is 8.89. The normalized spacial score (nSPS) is 11.3. The molecule has 0 saturated carbocycles. The predicted octanol–water partition coefficient (Wildman–Crippen LogP) is 1.93. The number of carbonyl (C=O) groups is 1. The number of nitrogens with zero attached hydrogens (tertiary/aromatic N) is 3. The van der Waals surface area contributed by atoms with Crippen molar-refractivity contribution in [1.29, 1.82) is 0 Å². The average Bonchev–Trinajstić information content (AvgIpc) is 2.69. The van der Waals surface area contributed by atoms with Crippen LogP contribution in [0.25, 0.3) is 5.65 Å². The van der Waals surface area contributed by atoms with Crippen molar-refractivity contribution in [1.82, 2.24) is 14.6 Å². The predicted molar refractivity (Wildman–Crippen MR) is 54.3 cm³/mol. The number of hydrogen-bond acceptors (Lipinski definition) is 3. The number of carboxylic acid groups (broad SMARTS) is 1. The second-order valence-corrected chi connectivity index (χ2v) is 3.43. The number of aryl methyl sites for hydroxylation is 1. The van der Waals surface area contributed by atoms with E-state index in [0.29, 0.717) is 12.2 Å². The minimum absolute atomic E-state index is 0.122. The number of carboxylic acids is 1. The summed E-state index contributed by atoms with van der Waals surface area (Å²) < 4.78 is 26.2. The highest BCUT2D eigenvalue weighted by molar-refractivity contribution is 5.86. The number of fused-ring (bicyclic) bond motifs is 1. The van der Waals surface area contributed by atoms with Crippen LogP contribution < -0.4 is 0 Å². The maximum atomic E-state index is 12.6. The molecule has 0 aromatic carbocycles. The summed E-state index contributed by atoms with van der Waals surface area (Å²) in [7, 11) is 0. The van der Waals surface area contributed by atoms with Crippen LogP contribution in [0.2, 0.25) is 0 Å². The topological polar surface area (TPSA) is 67.5 Å².